The largest absolute Gasteiger partial charge is 0.455 e. The van der Waals surface area contributed by atoms with Gasteiger partial charge in [-0.15, -0.1) is 0 Å². The van der Waals surface area contributed by atoms with Crippen molar-refractivity contribution in [3.63, 3.8) is 0 Å². The SMILES string of the molecule is CC(=O)Oc1ccc(/C=C/C(=O)OC2[C@H](OC(=O)/C=C/c3ccc(OC(C)=O)c(OC(C)=O)c3)CC3(C[C@H]2OC(=O)/C=C/c2ccc(OC(C)=O)c(OC(C)=O)c2)OC(C)(C)OC3=O)cc1OC(C)=O. The first kappa shape index (κ1) is 52.5. The third kappa shape index (κ3) is 15.0. The predicted octanol–water partition coefficient (Wildman–Crippen LogP) is 5.26. The van der Waals surface area contributed by atoms with Gasteiger partial charge in [-0.25, -0.2) is 19.2 Å². The maximum Gasteiger partial charge on any atom is 0.341 e. The zero-order valence-corrected chi connectivity index (χ0v) is 38.9. The molecule has 0 N–H and O–H groups in total. The van der Waals surface area contributed by atoms with Gasteiger partial charge in [0.2, 0.25) is 5.79 Å². The second-order valence-corrected chi connectivity index (χ2v) is 15.8. The number of hydrogen-bond acceptors (Lipinski definition) is 21. The number of carbonyl (C=O) groups is 10. The maximum absolute atomic E-state index is 13.7. The second-order valence-electron chi connectivity index (χ2n) is 15.8. The lowest BCUT2D eigenvalue weighted by Gasteiger charge is -2.42. The number of hydrogen-bond donors (Lipinski definition) is 0. The molecule has 2 atom stereocenters. The molecule has 0 bridgehead atoms. The van der Waals surface area contributed by atoms with Crippen molar-refractivity contribution >= 4 is 77.9 Å². The number of benzene rings is 3. The van der Waals surface area contributed by atoms with E-state index in [4.69, 9.17) is 52.1 Å². The van der Waals surface area contributed by atoms with Gasteiger partial charge in [-0.2, -0.15) is 0 Å². The molecular formula is C49H46O21. The number of ether oxygens (including phenoxy) is 11. The molecule has 0 amide bonds. The quantitative estimate of drug-likeness (QED) is 0.0813. The monoisotopic (exact) mass is 970 g/mol. The summed E-state index contributed by atoms with van der Waals surface area (Å²) in [5.41, 5.74) is -1.15. The van der Waals surface area contributed by atoms with Crippen LogP contribution in [-0.4, -0.2) is 89.4 Å². The number of rotatable bonds is 15. The van der Waals surface area contributed by atoms with Crippen LogP contribution in [0.25, 0.3) is 18.2 Å². The lowest BCUT2D eigenvalue weighted by atomic mass is 9.79. The molecule has 21 heteroatoms. The summed E-state index contributed by atoms with van der Waals surface area (Å²) in [6, 6.07) is 12.1. The van der Waals surface area contributed by atoms with E-state index in [-0.39, 0.29) is 51.2 Å². The summed E-state index contributed by atoms with van der Waals surface area (Å²) >= 11 is 0. The van der Waals surface area contributed by atoms with Gasteiger partial charge in [0, 0.05) is 86.5 Å². The van der Waals surface area contributed by atoms with E-state index < -0.39 is 102 Å². The van der Waals surface area contributed by atoms with Crippen LogP contribution in [0, 0.1) is 0 Å². The first-order valence-corrected chi connectivity index (χ1v) is 21.0. The van der Waals surface area contributed by atoms with Gasteiger partial charge < -0.3 is 52.1 Å². The Kier molecular flexibility index (Phi) is 16.9. The van der Waals surface area contributed by atoms with E-state index in [0.717, 1.165) is 59.8 Å². The van der Waals surface area contributed by atoms with Gasteiger partial charge >= 0.3 is 59.7 Å². The molecule has 3 aromatic rings. The normalized spacial score (nSPS) is 19.2. The molecule has 70 heavy (non-hydrogen) atoms. The average molecular weight is 971 g/mol. The van der Waals surface area contributed by atoms with E-state index in [1.54, 1.807) is 0 Å². The lowest BCUT2D eigenvalue weighted by molar-refractivity contribution is -0.221. The highest BCUT2D eigenvalue weighted by molar-refractivity contribution is 5.90. The summed E-state index contributed by atoms with van der Waals surface area (Å²) < 4.78 is 59.9. The third-order valence-corrected chi connectivity index (χ3v) is 9.39. The molecule has 2 fully saturated rings. The molecule has 1 saturated heterocycles. The Morgan fingerprint density at radius 3 is 1.06 bits per heavy atom. The Morgan fingerprint density at radius 1 is 0.471 bits per heavy atom. The fourth-order valence-corrected chi connectivity index (χ4v) is 7.02. The first-order chi connectivity index (χ1) is 32.9. The summed E-state index contributed by atoms with van der Waals surface area (Å²) in [5.74, 6) is -10.6. The highest BCUT2D eigenvalue weighted by Crippen LogP contribution is 2.45. The Bertz CT molecular complexity index is 2590. The molecule has 2 aliphatic rings. The van der Waals surface area contributed by atoms with Gasteiger partial charge in [0.05, 0.1) is 0 Å². The molecule has 5 rings (SSSR count). The van der Waals surface area contributed by atoms with Gasteiger partial charge in [0.15, 0.2) is 46.2 Å². The van der Waals surface area contributed by atoms with Crippen molar-refractivity contribution in [2.45, 2.75) is 97.9 Å². The van der Waals surface area contributed by atoms with Crippen LogP contribution in [0.5, 0.6) is 34.5 Å². The van der Waals surface area contributed by atoms with Gasteiger partial charge in [0.1, 0.15) is 12.2 Å². The van der Waals surface area contributed by atoms with Crippen LogP contribution in [-0.2, 0) is 71.6 Å². The summed E-state index contributed by atoms with van der Waals surface area (Å²) in [7, 11) is 0. The zero-order valence-electron chi connectivity index (χ0n) is 38.9. The van der Waals surface area contributed by atoms with Crippen molar-refractivity contribution in [1.82, 2.24) is 0 Å². The van der Waals surface area contributed by atoms with Crippen molar-refractivity contribution in [2.24, 2.45) is 0 Å². The molecule has 3 aromatic carbocycles. The summed E-state index contributed by atoms with van der Waals surface area (Å²) in [4.78, 5) is 125. The van der Waals surface area contributed by atoms with Crippen LogP contribution in [0.1, 0.15) is 84.9 Å². The van der Waals surface area contributed by atoms with E-state index >= 15 is 0 Å². The van der Waals surface area contributed by atoms with E-state index in [1.807, 2.05) is 0 Å². The molecule has 368 valence electrons. The molecule has 1 saturated carbocycles. The lowest BCUT2D eigenvalue weighted by Crippen LogP contribution is -2.59. The minimum Gasteiger partial charge on any atom is -0.455 e. The Balaban J connectivity index is 1.51. The van der Waals surface area contributed by atoms with Gasteiger partial charge in [-0.1, -0.05) is 18.2 Å². The van der Waals surface area contributed by atoms with E-state index in [2.05, 4.69) is 0 Å². The molecule has 0 radical (unpaired) electrons. The van der Waals surface area contributed by atoms with Crippen molar-refractivity contribution in [2.75, 3.05) is 0 Å². The topological polar surface area (TPSA) is 272 Å². The Labute approximate surface area is 399 Å². The van der Waals surface area contributed by atoms with Gasteiger partial charge in [-0.3, -0.25) is 28.8 Å². The van der Waals surface area contributed by atoms with E-state index in [1.165, 1.54) is 86.7 Å². The number of esters is 10. The van der Waals surface area contributed by atoms with Gasteiger partial charge in [0.25, 0.3) is 0 Å². The molecule has 1 spiro atoms. The third-order valence-electron chi connectivity index (χ3n) is 9.39. The van der Waals surface area contributed by atoms with Gasteiger partial charge in [-0.05, 0) is 71.3 Å². The minimum atomic E-state index is -1.93. The van der Waals surface area contributed by atoms with Crippen LogP contribution < -0.4 is 28.4 Å². The number of cyclic esters (lactones) is 1. The standard InChI is InChI=1S/C49H46O21/c1-26(50)60-35-15-9-32(21-38(35)63-29(4)53)12-18-43(56)66-41-24-49(47(59)69-48(7,8)70-49)25-42(67-44(57)19-13-33-10-16-36(61-27(2)51)39(22-33)64-30(5)54)46(41)68-45(58)20-14-34-11-17-37(62-28(3)52)40(23-34)65-31(6)55/h9-23,41-42,46H,24-25H2,1-8H3/b18-12+,19-13+,20-14+/t41-,42-,46?,49?/m1/s1. The van der Waals surface area contributed by atoms with Crippen LogP contribution in [0.15, 0.2) is 72.8 Å². The van der Waals surface area contributed by atoms with Crippen LogP contribution >= 0.6 is 0 Å². The second kappa shape index (κ2) is 22.6. The molecule has 21 nitrogen and oxygen atoms in total. The predicted molar refractivity (Wildman–Crippen MR) is 237 cm³/mol. The summed E-state index contributed by atoms with van der Waals surface area (Å²) in [6.07, 6.45) is 0.790. The molecule has 1 aliphatic heterocycles. The summed E-state index contributed by atoms with van der Waals surface area (Å²) in [6.45, 7) is 9.70. The highest BCUT2D eigenvalue weighted by Gasteiger charge is 2.62. The van der Waals surface area contributed by atoms with Crippen LogP contribution in [0.4, 0.5) is 0 Å². The number of carbonyl (C=O) groups excluding carboxylic acids is 10. The Hall–Kier alpha value is -8.46. The molecular weight excluding hydrogens is 925 g/mol. The highest BCUT2D eigenvalue weighted by atomic mass is 16.8. The van der Waals surface area contributed by atoms with E-state index in [0.29, 0.717) is 0 Å². The Morgan fingerprint density at radius 2 is 0.771 bits per heavy atom. The van der Waals surface area contributed by atoms with Crippen molar-refractivity contribution < 1.29 is 100 Å². The summed E-state index contributed by atoms with van der Waals surface area (Å²) in [5, 5.41) is 0. The fourth-order valence-electron chi connectivity index (χ4n) is 7.02. The molecule has 1 aliphatic carbocycles. The average Bonchev–Trinajstić information content (AvgIpc) is 3.46. The molecule has 1 heterocycles. The smallest absolute Gasteiger partial charge is 0.341 e. The van der Waals surface area contributed by atoms with E-state index in [9.17, 15) is 47.9 Å². The van der Waals surface area contributed by atoms with Crippen molar-refractivity contribution in [3.8, 4) is 34.5 Å². The minimum absolute atomic E-state index is 0.0804. The van der Waals surface area contributed by atoms with Crippen LogP contribution in [0.2, 0.25) is 0 Å². The fraction of sp³-hybridized carbons (Fsp3) is 0.306. The maximum atomic E-state index is 13.7. The van der Waals surface area contributed by atoms with Crippen molar-refractivity contribution in [3.05, 3.63) is 89.5 Å². The molecule has 0 aromatic heterocycles. The van der Waals surface area contributed by atoms with Crippen LogP contribution in [0.3, 0.4) is 0 Å². The zero-order chi connectivity index (χ0) is 51.5. The van der Waals surface area contributed by atoms with Crippen molar-refractivity contribution in [1.29, 1.82) is 0 Å². The molecule has 0 unspecified atom stereocenters. The first-order valence-electron chi connectivity index (χ1n) is 21.0.